The molecule has 0 aromatic heterocycles. The minimum Gasteiger partial charge on any atom is -0.349 e. The summed E-state index contributed by atoms with van der Waals surface area (Å²) in [5.74, 6) is -0.706. The van der Waals surface area contributed by atoms with E-state index in [4.69, 9.17) is 9.47 Å². The molecule has 0 bridgehead atoms. The Labute approximate surface area is 154 Å². The van der Waals surface area contributed by atoms with Gasteiger partial charge in [0.2, 0.25) is 10.0 Å². The zero-order valence-corrected chi connectivity index (χ0v) is 16.0. The number of hydrogen-bond donors (Lipinski definition) is 1. The van der Waals surface area contributed by atoms with Gasteiger partial charge in [0.1, 0.15) is 6.10 Å². The first-order valence-corrected chi connectivity index (χ1v) is 10.4. The van der Waals surface area contributed by atoms with Crippen LogP contribution in [0.15, 0.2) is 29.2 Å². The van der Waals surface area contributed by atoms with Crippen LogP contribution >= 0.6 is 0 Å². The number of nitrogens with one attached hydrogen (secondary N) is 1. The van der Waals surface area contributed by atoms with Crippen LogP contribution in [0.1, 0.15) is 42.5 Å². The number of rotatable bonds is 5. The molecule has 1 amide bonds. The standard InChI is InChI=1S/C18H26N2O5S/c1-20(2)26(22,23)16-8-6-14(7-9-16)17(21)19-12-15-13-24-18(25-15)10-4-3-5-11-18/h6-9,15H,3-5,10-13H2,1-2H3,(H,19,21)/t15-/m0/s1. The summed E-state index contributed by atoms with van der Waals surface area (Å²) in [6, 6.07) is 5.91. The molecule has 1 saturated carbocycles. The van der Waals surface area contributed by atoms with Crippen LogP contribution in [0.5, 0.6) is 0 Å². The fraction of sp³-hybridized carbons (Fsp3) is 0.611. The number of carbonyl (C=O) groups is 1. The Morgan fingerprint density at radius 3 is 2.46 bits per heavy atom. The molecule has 7 nitrogen and oxygen atoms in total. The third-order valence-electron chi connectivity index (χ3n) is 4.91. The monoisotopic (exact) mass is 382 g/mol. The number of amides is 1. The molecule has 2 fully saturated rings. The van der Waals surface area contributed by atoms with Gasteiger partial charge in [-0.2, -0.15) is 0 Å². The molecule has 144 valence electrons. The van der Waals surface area contributed by atoms with Gasteiger partial charge in [0.25, 0.3) is 5.91 Å². The molecule has 8 heteroatoms. The van der Waals surface area contributed by atoms with E-state index >= 15 is 0 Å². The molecule has 1 aromatic carbocycles. The summed E-state index contributed by atoms with van der Waals surface area (Å²) < 4.78 is 37.2. The molecular formula is C18H26N2O5S. The number of ether oxygens (including phenoxy) is 2. The van der Waals surface area contributed by atoms with Gasteiger partial charge in [0, 0.05) is 39.0 Å². The van der Waals surface area contributed by atoms with Crippen molar-refractivity contribution in [1.29, 1.82) is 0 Å². The Bertz CT molecular complexity index is 739. The molecule has 1 spiro atoms. The zero-order valence-electron chi connectivity index (χ0n) is 15.2. The fourth-order valence-corrected chi connectivity index (χ4v) is 4.27. The molecule has 2 aliphatic rings. The Kier molecular flexibility index (Phi) is 5.67. The highest BCUT2D eigenvalue weighted by Gasteiger charge is 2.42. The normalized spacial score (nSPS) is 22.7. The first-order valence-electron chi connectivity index (χ1n) is 8.95. The largest absolute Gasteiger partial charge is 0.349 e. The Morgan fingerprint density at radius 2 is 1.85 bits per heavy atom. The van der Waals surface area contributed by atoms with Crippen molar-refractivity contribution in [3.05, 3.63) is 29.8 Å². The molecule has 0 unspecified atom stereocenters. The van der Waals surface area contributed by atoms with Gasteiger partial charge in [-0.15, -0.1) is 0 Å². The SMILES string of the molecule is CN(C)S(=O)(=O)c1ccc(C(=O)NC[C@H]2COC3(CCCCC3)O2)cc1. The van der Waals surface area contributed by atoms with Gasteiger partial charge in [0.05, 0.1) is 11.5 Å². The van der Waals surface area contributed by atoms with Crippen molar-refractivity contribution in [1.82, 2.24) is 9.62 Å². The molecule has 0 radical (unpaired) electrons. The van der Waals surface area contributed by atoms with Crippen LogP contribution < -0.4 is 5.32 Å². The number of nitrogens with zero attached hydrogens (tertiary/aromatic N) is 1. The topological polar surface area (TPSA) is 84.9 Å². The molecule has 1 N–H and O–H groups in total. The van der Waals surface area contributed by atoms with Crippen LogP contribution in [0.25, 0.3) is 0 Å². The maximum atomic E-state index is 12.3. The van der Waals surface area contributed by atoms with Gasteiger partial charge >= 0.3 is 0 Å². The van der Waals surface area contributed by atoms with Gasteiger partial charge in [-0.3, -0.25) is 4.79 Å². The lowest BCUT2D eigenvalue weighted by Gasteiger charge is -2.31. The van der Waals surface area contributed by atoms with E-state index in [-0.39, 0.29) is 16.9 Å². The smallest absolute Gasteiger partial charge is 0.251 e. The van der Waals surface area contributed by atoms with Gasteiger partial charge in [0.15, 0.2) is 5.79 Å². The minimum atomic E-state index is -3.50. The quantitative estimate of drug-likeness (QED) is 0.839. The molecule has 1 aliphatic carbocycles. The molecule has 1 aliphatic heterocycles. The third kappa shape index (κ3) is 4.09. The summed E-state index contributed by atoms with van der Waals surface area (Å²) in [5.41, 5.74) is 0.411. The van der Waals surface area contributed by atoms with Crippen LogP contribution in [0.2, 0.25) is 0 Å². The van der Waals surface area contributed by atoms with Gasteiger partial charge in [-0.25, -0.2) is 12.7 Å². The van der Waals surface area contributed by atoms with Crippen LogP contribution in [0.3, 0.4) is 0 Å². The van der Waals surface area contributed by atoms with Crippen molar-refractivity contribution in [2.24, 2.45) is 0 Å². The second-order valence-electron chi connectivity index (χ2n) is 7.04. The van der Waals surface area contributed by atoms with E-state index in [2.05, 4.69) is 5.32 Å². The van der Waals surface area contributed by atoms with Crippen LogP contribution in [-0.4, -0.2) is 57.8 Å². The lowest BCUT2D eigenvalue weighted by molar-refractivity contribution is -0.186. The van der Waals surface area contributed by atoms with E-state index in [0.29, 0.717) is 18.7 Å². The van der Waals surface area contributed by atoms with Crippen molar-refractivity contribution in [3.63, 3.8) is 0 Å². The van der Waals surface area contributed by atoms with Crippen molar-refractivity contribution in [2.75, 3.05) is 27.2 Å². The summed E-state index contributed by atoms with van der Waals surface area (Å²) in [5, 5.41) is 2.84. The highest BCUT2D eigenvalue weighted by molar-refractivity contribution is 7.89. The lowest BCUT2D eigenvalue weighted by Crippen LogP contribution is -2.37. The Morgan fingerprint density at radius 1 is 1.19 bits per heavy atom. The number of carbonyl (C=O) groups excluding carboxylic acids is 1. The van der Waals surface area contributed by atoms with E-state index in [1.54, 1.807) is 0 Å². The summed E-state index contributed by atoms with van der Waals surface area (Å²) in [7, 11) is -0.554. The van der Waals surface area contributed by atoms with E-state index in [9.17, 15) is 13.2 Å². The summed E-state index contributed by atoms with van der Waals surface area (Å²) in [4.78, 5) is 12.5. The maximum Gasteiger partial charge on any atom is 0.251 e. The molecule has 26 heavy (non-hydrogen) atoms. The second kappa shape index (κ2) is 7.64. The van der Waals surface area contributed by atoms with Gasteiger partial charge in [-0.05, 0) is 37.1 Å². The maximum absolute atomic E-state index is 12.3. The van der Waals surface area contributed by atoms with Gasteiger partial charge < -0.3 is 14.8 Å². The fourth-order valence-electron chi connectivity index (χ4n) is 3.37. The molecule has 1 saturated heterocycles. The highest BCUT2D eigenvalue weighted by atomic mass is 32.2. The highest BCUT2D eigenvalue weighted by Crippen LogP contribution is 2.37. The molecule has 1 aromatic rings. The third-order valence-corrected chi connectivity index (χ3v) is 6.74. The number of sulfonamides is 1. The predicted octanol–water partition coefficient (Wildman–Crippen LogP) is 1.74. The zero-order chi connectivity index (χ0) is 18.8. The summed E-state index contributed by atoms with van der Waals surface area (Å²) in [6.45, 7) is 0.860. The average Bonchev–Trinajstić information content (AvgIpc) is 3.02. The molecule has 1 atom stereocenters. The van der Waals surface area contributed by atoms with Crippen molar-refractivity contribution < 1.29 is 22.7 Å². The van der Waals surface area contributed by atoms with Crippen LogP contribution in [0, 0.1) is 0 Å². The first kappa shape index (κ1) is 19.3. The summed E-state index contributed by atoms with van der Waals surface area (Å²) in [6.07, 6.45) is 5.13. The molecular weight excluding hydrogens is 356 g/mol. The minimum absolute atomic E-state index is 0.148. The van der Waals surface area contributed by atoms with E-state index < -0.39 is 15.8 Å². The molecule has 3 rings (SSSR count). The predicted molar refractivity (Wildman–Crippen MR) is 96.3 cm³/mol. The number of benzene rings is 1. The lowest BCUT2D eigenvalue weighted by atomic mass is 9.94. The second-order valence-corrected chi connectivity index (χ2v) is 9.20. The average molecular weight is 382 g/mol. The van der Waals surface area contributed by atoms with Crippen LogP contribution in [0.4, 0.5) is 0 Å². The van der Waals surface area contributed by atoms with Crippen molar-refractivity contribution in [2.45, 2.75) is 48.9 Å². The first-order chi connectivity index (χ1) is 12.3. The van der Waals surface area contributed by atoms with E-state index in [1.165, 1.54) is 44.8 Å². The Balaban J connectivity index is 1.54. The van der Waals surface area contributed by atoms with Crippen LogP contribution in [-0.2, 0) is 19.5 Å². The van der Waals surface area contributed by atoms with Crippen molar-refractivity contribution in [3.8, 4) is 0 Å². The summed E-state index contributed by atoms with van der Waals surface area (Å²) >= 11 is 0. The van der Waals surface area contributed by atoms with E-state index in [0.717, 1.165) is 30.0 Å². The van der Waals surface area contributed by atoms with E-state index in [1.807, 2.05) is 0 Å². The molecule has 1 heterocycles. The van der Waals surface area contributed by atoms with Gasteiger partial charge in [-0.1, -0.05) is 6.42 Å². The number of hydrogen-bond acceptors (Lipinski definition) is 5. The Hall–Kier alpha value is -1.48. The van der Waals surface area contributed by atoms with Crippen molar-refractivity contribution >= 4 is 15.9 Å².